The van der Waals surface area contributed by atoms with Gasteiger partial charge in [-0.15, -0.1) is 0 Å². The molecule has 6 rings (SSSR count). The number of nitrogens with zero attached hydrogens (tertiary/aromatic N) is 3. The molecule has 0 N–H and O–H groups in total. The molecule has 1 heterocycles. The van der Waals surface area contributed by atoms with Gasteiger partial charge in [0.05, 0.1) is 0 Å². The van der Waals surface area contributed by atoms with Crippen LogP contribution in [-0.2, 0) is 10.8 Å². The summed E-state index contributed by atoms with van der Waals surface area (Å²) in [6.45, 7) is 9.41. The maximum atomic E-state index is 4.95. The first-order valence-corrected chi connectivity index (χ1v) is 12.5. The molecule has 0 amide bonds. The van der Waals surface area contributed by atoms with Crippen LogP contribution in [0.4, 0.5) is 0 Å². The summed E-state index contributed by atoms with van der Waals surface area (Å²) in [7, 11) is 0. The predicted molar refractivity (Wildman–Crippen MR) is 148 cm³/mol. The molecule has 4 aromatic carbocycles. The van der Waals surface area contributed by atoms with Crippen molar-refractivity contribution in [2.24, 2.45) is 0 Å². The van der Waals surface area contributed by atoms with Gasteiger partial charge in [0.2, 0.25) is 0 Å². The molecule has 3 nitrogen and oxygen atoms in total. The molecule has 1 aromatic heterocycles. The molecule has 0 unspecified atom stereocenters. The Balaban J connectivity index is 1.57. The quantitative estimate of drug-likeness (QED) is 0.269. The summed E-state index contributed by atoms with van der Waals surface area (Å²) in [5, 5.41) is 0. The fraction of sp³-hybridized carbons (Fsp3) is 0.182. The maximum absolute atomic E-state index is 4.95. The summed E-state index contributed by atoms with van der Waals surface area (Å²) >= 11 is 0. The molecule has 0 radical (unpaired) electrons. The largest absolute Gasteiger partial charge is 0.208 e. The third-order valence-corrected chi connectivity index (χ3v) is 8.10. The number of fused-ring (bicyclic) bond motifs is 3. The number of hydrogen-bond donors (Lipinski definition) is 0. The molecular formula is C33H29N3. The van der Waals surface area contributed by atoms with E-state index in [4.69, 9.17) is 15.0 Å². The topological polar surface area (TPSA) is 38.7 Å². The minimum absolute atomic E-state index is 0.0291. The first-order valence-electron chi connectivity index (χ1n) is 12.5. The lowest BCUT2D eigenvalue weighted by atomic mass is 9.55. The van der Waals surface area contributed by atoms with Crippen molar-refractivity contribution in [3.8, 4) is 45.3 Å². The van der Waals surface area contributed by atoms with Gasteiger partial charge in [-0.05, 0) is 39.2 Å². The summed E-state index contributed by atoms with van der Waals surface area (Å²) in [6.07, 6.45) is 0. The second kappa shape index (κ2) is 8.23. The molecule has 0 spiro atoms. The van der Waals surface area contributed by atoms with E-state index in [0.29, 0.717) is 17.5 Å². The first-order chi connectivity index (χ1) is 17.4. The van der Waals surface area contributed by atoms with E-state index in [1.165, 1.54) is 22.3 Å². The van der Waals surface area contributed by atoms with E-state index in [-0.39, 0.29) is 10.8 Å². The summed E-state index contributed by atoms with van der Waals surface area (Å²) in [4.78, 5) is 14.8. The zero-order chi connectivity index (χ0) is 24.9. The van der Waals surface area contributed by atoms with E-state index in [1.807, 2.05) is 60.7 Å². The lowest BCUT2D eigenvalue weighted by Gasteiger charge is -2.48. The van der Waals surface area contributed by atoms with Gasteiger partial charge in [0.25, 0.3) is 0 Å². The zero-order valence-electron chi connectivity index (χ0n) is 21.2. The molecule has 0 bridgehead atoms. The van der Waals surface area contributed by atoms with Crippen LogP contribution >= 0.6 is 0 Å². The zero-order valence-corrected chi connectivity index (χ0v) is 21.2. The second-order valence-electron chi connectivity index (χ2n) is 10.6. The summed E-state index contributed by atoms with van der Waals surface area (Å²) < 4.78 is 0. The van der Waals surface area contributed by atoms with E-state index in [1.54, 1.807) is 0 Å². The lowest BCUT2D eigenvalue weighted by molar-refractivity contribution is 0.299. The molecule has 1 aliphatic rings. The summed E-state index contributed by atoms with van der Waals surface area (Å²) in [6, 6.07) is 35.8. The van der Waals surface area contributed by atoms with Gasteiger partial charge in [0.1, 0.15) is 0 Å². The summed E-state index contributed by atoms with van der Waals surface area (Å²) in [5.41, 5.74) is 8.18. The highest BCUT2D eigenvalue weighted by Crippen LogP contribution is 2.54. The van der Waals surface area contributed by atoms with Gasteiger partial charge >= 0.3 is 0 Å². The molecular weight excluding hydrogens is 438 g/mol. The number of hydrogen-bond acceptors (Lipinski definition) is 3. The van der Waals surface area contributed by atoms with Crippen LogP contribution in [0.25, 0.3) is 45.3 Å². The van der Waals surface area contributed by atoms with E-state index >= 15 is 0 Å². The first kappa shape index (κ1) is 22.4. The Morgan fingerprint density at radius 3 is 1.44 bits per heavy atom. The average Bonchev–Trinajstić information content (AvgIpc) is 2.93. The lowest BCUT2D eigenvalue weighted by Crippen LogP contribution is -2.43. The highest BCUT2D eigenvalue weighted by atomic mass is 15.0. The predicted octanol–water partition coefficient (Wildman–Crippen LogP) is 8.11. The van der Waals surface area contributed by atoms with E-state index < -0.39 is 0 Å². The molecule has 0 aliphatic heterocycles. The normalized spacial score (nSPS) is 15.1. The van der Waals surface area contributed by atoms with Crippen LogP contribution in [0.3, 0.4) is 0 Å². The van der Waals surface area contributed by atoms with Crippen LogP contribution in [0.1, 0.15) is 38.8 Å². The highest BCUT2D eigenvalue weighted by Gasteiger charge is 2.45. The standard InChI is InChI=1S/C33H29N3/c1-32(2)27-18-12-11-17-25(27)26-20-19-24(21-28(26)33(32,3)4)31-35-29(22-13-7-5-8-14-22)34-30(36-31)23-15-9-6-10-16-23/h5-21H,1-4H3. The van der Waals surface area contributed by atoms with Gasteiger partial charge in [-0.2, -0.15) is 0 Å². The Morgan fingerprint density at radius 2 is 0.861 bits per heavy atom. The maximum Gasteiger partial charge on any atom is 0.164 e. The molecule has 5 aromatic rings. The van der Waals surface area contributed by atoms with Crippen molar-refractivity contribution in [1.29, 1.82) is 0 Å². The van der Waals surface area contributed by atoms with Crippen LogP contribution in [0.15, 0.2) is 103 Å². The van der Waals surface area contributed by atoms with E-state index in [0.717, 1.165) is 16.7 Å². The van der Waals surface area contributed by atoms with Crippen molar-refractivity contribution in [3.05, 3.63) is 114 Å². The Kier molecular flexibility index (Phi) is 5.11. The Morgan fingerprint density at radius 1 is 0.417 bits per heavy atom. The molecule has 1 aliphatic carbocycles. The minimum Gasteiger partial charge on any atom is -0.208 e. The third-order valence-electron chi connectivity index (χ3n) is 8.10. The Labute approximate surface area is 213 Å². The monoisotopic (exact) mass is 467 g/mol. The van der Waals surface area contributed by atoms with Crippen molar-refractivity contribution in [3.63, 3.8) is 0 Å². The number of aromatic nitrogens is 3. The molecule has 176 valence electrons. The van der Waals surface area contributed by atoms with Gasteiger partial charge in [0.15, 0.2) is 17.5 Å². The molecule has 3 heteroatoms. The van der Waals surface area contributed by atoms with E-state index in [9.17, 15) is 0 Å². The van der Waals surface area contributed by atoms with Crippen molar-refractivity contribution in [1.82, 2.24) is 15.0 Å². The second-order valence-corrected chi connectivity index (χ2v) is 10.6. The van der Waals surface area contributed by atoms with Gasteiger partial charge in [-0.25, -0.2) is 15.0 Å². The van der Waals surface area contributed by atoms with Crippen LogP contribution < -0.4 is 0 Å². The number of rotatable bonds is 3. The highest BCUT2D eigenvalue weighted by molar-refractivity contribution is 5.80. The van der Waals surface area contributed by atoms with Crippen molar-refractivity contribution in [2.75, 3.05) is 0 Å². The van der Waals surface area contributed by atoms with Gasteiger partial charge in [-0.3, -0.25) is 0 Å². The smallest absolute Gasteiger partial charge is 0.164 e. The Bertz CT molecular complexity index is 1510. The van der Waals surface area contributed by atoms with Crippen LogP contribution in [0.5, 0.6) is 0 Å². The fourth-order valence-corrected chi connectivity index (χ4v) is 5.31. The molecule has 0 fully saturated rings. The van der Waals surface area contributed by atoms with Crippen LogP contribution in [-0.4, -0.2) is 15.0 Å². The van der Waals surface area contributed by atoms with Crippen molar-refractivity contribution in [2.45, 2.75) is 38.5 Å². The fourth-order valence-electron chi connectivity index (χ4n) is 5.31. The third kappa shape index (κ3) is 3.46. The van der Waals surface area contributed by atoms with Gasteiger partial charge in [-0.1, -0.05) is 125 Å². The molecule has 0 saturated carbocycles. The van der Waals surface area contributed by atoms with Crippen molar-refractivity contribution < 1.29 is 0 Å². The van der Waals surface area contributed by atoms with Crippen LogP contribution in [0.2, 0.25) is 0 Å². The summed E-state index contributed by atoms with van der Waals surface area (Å²) in [5.74, 6) is 2.06. The number of benzene rings is 4. The average molecular weight is 468 g/mol. The van der Waals surface area contributed by atoms with E-state index in [2.05, 4.69) is 70.2 Å². The van der Waals surface area contributed by atoms with Crippen molar-refractivity contribution >= 4 is 0 Å². The minimum atomic E-state index is -0.0791. The molecule has 0 atom stereocenters. The van der Waals surface area contributed by atoms with Gasteiger partial charge < -0.3 is 0 Å². The van der Waals surface area contributed by atoms with Gasteiger partial charge in [0, 0.05) is 16.7 Å². The molecule has 36 heavy (non-hydrogen) atoms. The van der Waals surface area contributed by atoms with Crippen LogP contribution in [0, 0.1) is 0 Å². The Hall–Kier alpha value is -4.11. The molecule has 0 saturated heterocycles. The SMILES string of the molecule is CC1(C)c2ccccc2-c2ccc(-c3nc(-c4ccccc4)nc(-c4ccccc4)n3)cc2C1(C)C.